The fraction of sp³-hybridized carbons (Fsp3) is 0.462. The topological polar surface area (TPSA) is 203 Å². The van der Waals surface area contributed by atoms with Gasteiger partial charge in [0.25, 0.3) is 21.6 Å². The van der Waals surface area contributed by atoms with Crippen LogP contribution < -0.4 is 24.6 Å². The van der Waals surface area contributed by atoms with Crippen molar-refractivity contribution < 1.29 is 41.8 Å². The molecule has 10 rings (SSSR count). The Hall–Kier alpha value is -5.80. The molecule has 0 bridgehead atoms. The Labute approximate surface area is 424 Å². The first kappa shape index (κ1) is 49.8. The number of halogens is 1. The van der Waals surface area contributed by atoms with E-state index in [0.717, 1.165) is 55.1 Å². The predicted molar refractivity (Wildman–Crippen MR) is 275 cm³/mol. The van der Waals surface area contributed by atoms with Gasteiger partial charge in [-0.25, -0.2) is 13.1 Å². The Morgan fingerprint density at radius 2 is 1.79 bits per heavy atom. The van der Waals surface area contributed by atoms with Crippen LogP contribution in [0.2, 0.25) is 5.02 Å². The number of nitrogens with one attached hydrogen (secondary N) is 3. The standard InChI is InChI=1S/C52H61ClN8O10S/c1-33-30-71-39(32-70-33)27-55-44-13-11-40(24-46(44)61(63)64)72(65,66)57-50(62)41-12-10-37(23-45(41)60-16-4-20-69-51-47(60)22-35-14-15-54-49(35)56-51)58-17-18-59-29-43-42(34-6-8-36(53)9-7-34)25-52(2,3)26-48(43)68-21-5-19-67-31-38(59)28-58/h6-15,22-24,33,38-39,48,55H,4-5,16-21,25-32H2,1-3H3,(H,54,56)(H,57,62)/t33-,38+,39?,48-/m1/s1. The third-order valence-corrected chi connectivity index (χ3v) is 15.8. The van der Waals surface area contributed by atoms with Gasteiger partial charge in [0.2, 0.25) is 5.88 Å². The third kappa shape index (κ3) is 10.9. The summed E-state index contributed by atoms with van der Waals surface area (Å²) in [7, 11) is -4.64. The van der Waals surface area contributed by atoms with Gasteiger partial charge in [-0.05, 0) is 109 Å². The highest BCUT2D eigenvalue weighted by Crippen LogP contribution is 2.46. The fourth-order valence-electron chi connectivity index (χ4n) is 10.4. The van der Waals surface area contributed by atoms with Crippen molar-refractivity contribution >= 4 is 72.6 Å². The molecule has 5 aliphatic rings. The van der Waals surface area contributed by atoms with Crippen LogP contribution in [0.25, 0.3) is 16.6 Å². The molecule has 18 nitrogen and oxygen atoms in total. The van der Waals surface area contributed by atoms with Crippen molar-refractivity contribution in [1.29, 1.82) is 0 Å². The number of nitro groups is 1. The van der Waals surface area contributed by atoms with E-state index in [1.54, 1.807) is 12.3 Å². The number of piperazine rings is 1. The molecule has 4 atom stereocenters. The Morgan fingerprint density at radius 1 is 0.944 bits per heavy atom. The van der Waals surface area contributed by atoms with E-state index in [0.29, 0.717) is 93.6 Å². The van der Waals surface area contributed by atoms with E-state index < -0.39 is 31.4 Å². The normalized spacial score (nSPS) is 23.2. The van der Waals surface area contributed by atoms with E-state index >= 15 is 0 Å². The number of aromatic amines is 1. The number of allylic oxidation sites excluding steroid dienone is 1. The minimum atomic E-state index is -4.64. The van der Waals surface area contributed by atoms with Crippen molar-refractivity contribution in [2.24, 2.45) is 5.41 Å². The summed E-state index contributed by atoms with van der Waals surface area (Å²) in [4.78, 5) is 40.5. The van der Waals surface area contributed by atoms with Crippen LogP contribution in [-0.2, 0) is 29.0 Å². The van der Waals surface area contributed by atoms with Crippen LogP contribution in [0.4, 0.5) is 28.4 Å². The molecular formula is C52H61ClN8O10S. The van der Waals surface area contributed by atoms with Crippen molar-refractivity contribution in [1.82, 2.24) is 19.6 Å². The Morgan fingerprint density at radius 3 is 2.60 bits per heavy atom. The number of sulfonamides is 1. The second-order valence-corrected chi connectivity index (χ2v) is 22.2. The van der Waals surface area contributed by atoms with E-state index in [1.165, 1.54) is 23.3 Å². The van der Waals surface area contributed by atoms with Gasteiger partial charge in [-0.3, -0.25) is 19.8 Å². The molecule has 1 unspecified atom stereocenters. The number of amides is 1. The molecule has 1 aliphatic carbocycles. The van der Waals surface area contributed by atoms with Gasteiger partial charge in [-0.15, -0.1) is 0 Å². The average molecular weight is 1030 g/mol. The lowest BCUT2D eigenvalue weighted by atomic mass is 9.71. The highest BCUT2D eigenvalue weighted by atomic mass is 35.5. The zero-order valence-electron chi connectivity index (χ0n) is 40.7. The van der Waals surface area contributed by atoms with Gasteiger partial charge in [-0.1, -0.05) is 37.6 Å². The summed E-state index contributed by atoms with van der Waals surface area (Å²) in [5.74, 6) is -0.542. The highest BCUT2D eigenvalue weighted by molar-refractivity contribution is 7.90. The van der Waals surface area contributed by atoms with Crippen LogP contribution in [0.1, 0.15) is 62.4 Å². The van der Waals surface area contributed by atoms with E-state index in [1.807, 2.05) is 48.2 Å². The first-order chi connectivity index (χ1) is 34.7. The maximum absolute atomic E-state index is 14.6. The number of rotatable bonds is 10. The van der Waals surface area contributed by atoms with E-state index in [4.69, 9.17) is 40.3 Å². The second kappa shape index (κ2) is 21.0. The van der Waals surface area contributed by atoms with Crippen LogP contribution in [0.3, 0.4) is 0 Å². The van der Waals surface area contributed by atoms with Crippen LogP contribution in [-0.4, -0.2) is 137 Å². The number of pyridine rings is 1. The first-order valence-corrected chi connectivity index (χ1v) is 26.6. The molecular weight excluding hydrogens is 964 g/mol. The number of ether oxygens (including phenoxy) is 5. The molecule has 20 heteroatoms. The van der Waals surface area contributed by atoms with Crippen LogP contribution in [0.15, 0.2) is 89.5 Å². The first-order valence-electron chi connectivity index (χ1n) is 24.7. The summed E-state index contributed by atoms with van der Waals surface area (Å²) < 4.78 is 61.1. The molecule has 3 saturated heterocycles. The van der Waals surface area contributed by atoms with Crippen molar-refractivity contribution in [3.05, 3.63) is 111 Å². The number of carbonyl (C=O) groups excluding carboxylic acids is 1. The summed E-state index contributed by atoms with van der Waals surface area (Å²) >= 11 is 6.37. The second-order valence-electron chi connectivity index (χ2n) is 20.0. The van der Waals surface area contributed by atoms with Gasteiger partial charge in [0, 0.05) is 80.8 Å². The quantitative estimate of drug-likeness (QED) is 0.0898. The number of H-pyrrole nitrogens is 1. The SMILES string of the molecule is C[C@@H]1COC(CNc2ccc(S(=O)(=O)NC(=O)c3ccc(N4CCN5CC6=C(c7ccc(Cl)cc7)CC(C)(C)C[C@H]6OCCCOC[C@@H]5C4)cc3N3CCCOc4nc5[nH]ccc5cc43)cc2[N+](=O)[O-])CO1. The van der Waals surface area contributed by atoms with Gasteiger partial charge in [0.05, 0.1) is 71.9 Å². The van der Waals surface area contributed by atoms with Gasteiger partial charge < -0.3 is 43.8 Å². The lowest BCUT2D eigenvalue weighted by molar-refractivity contribution is -0.384. The molecule has 1 amide bonds. The lowest BCUT2D eigenvalue weighted by Crippen LogP contribution is -2.56. The van der Waals surface area contributed by atoms with Crippen molar-refractivity contribution in [2.45, 2.75) is 75.7 Å². The molecule has 3 N–H and O–H groups in total. The van der Waals surface area contributed by atoms with E-state index in [2.05, 4.69) is 50.8 Å². The molecule has 4 aliphatic heterocycles. The molecule has 5 aromatic rings. The maximum atomic E-state index is 14.6. The summed E-state index contributed by atoms with van der Waals surface area (Å²) in [6, 6.07) is 20.9. The summed E-state index contributed by atoms with van der Waals surface area (Å²) in [5.41, 5.74) is 6.04. The summed E-state index contributed by atoms with van der Waals surface area (Å²) in [6.45, 7) is 12.6. The molecule has 0 radical (unpaired) electrons. The monoisotopic (exact) mass is 1020 g/mol. The predicted octanol–water partition coefficient (Wildman–Crippen LogP) is 7.95. The maximum Gasteiger partial charge on any atom is 0.293 e. The smallest absolute Gasteiger partial charge is 0.293 e. The number of benzene rings is 3. The molecule has 3 fully saturated rings. The zero-order chi connectivity index (χ0) is 50.1. The molecule has 2 aromatic heterocycles. The Kier molecular flexibility index (Phi) is 14.5. The van der Waals surface area contributed by atoms with Crippen LogP contribution >= 0.6 is 11.6 Å². The number of hydrogen-bond acceptors (Lipinski definition) is 15. The highest BCUT2D eigenvalue weighted by Gasteiger charge is 2.39. The summed E-state index contributed by atoms with van der Waals surface area (Å²) in [6.07, 6.45) is 4.53. The number of fused-ring (bicyclic) bond motifs is 4. The van der Waals surface area contributed by atoms with Crippen molar-refractivity contribution in [3.63, 3.8) is 0 Å². The molecule has 6 heterocycles. The van der Waals surface area contributed by atoms with Crippen molar-refractivity contribution in [3.8, 4) is 5.88 Å². The average Bonchev–Trinajstić information content (AvgIpc) is 3.71. The van der Waals surface area contributed by atoms with E-state index in [9.17, 15) is 23.3 Å². The van der Waals surface area contributed by atoms with Gasteiger partial charge >= 0.3 is 0 Å². The zero-order valence-corrected chi connectivity index (χ0v) is 42.3. The van der Waals surface area contributed by atoms with E-state index in [-0.39, 0.29) is 47.6 Å². The minimum Gasteiger partial charge on any atom is -0.476 e. The lowest BCUT2D eigenvalue weighted by Gasteiger charge is -2.45. The number of carbonyl (C=O) groups is 1. The van der Waals surface area contributed by atoms with Crippen LogP contribution in [0.5, 0.6) is 5.88 Å². The Bertz CT molecular complexity index is 2960. The number of aromatic nitrogens is 2. The number of nitro benzene ring substituents is 1. The van der Waals surface area contributed by atoms with Crippen molar-refractivity contribution in [2.75, 3.05) is 94.0 Å². The number of hydrogen-bond donors (Lipinski definition) is 3. The van der Waals surface area contributed by atoms with Gasteiger partial charge in [0.15, 0.2) is 0 Å². The molecule has 3 aromatic carbocycles. The molecule has 382 valence electrons. The third-order valence-electron chi connectivity index (χ3n) is 14.2. The number of anilines is 4. The molecule has 0 spiro atoms. The fourth-order valence-corrected chi connectivity index (χ4v) is 11.6. The molecule has 0 saturated carbocycles. The van der Waals surface area contributed by atoms with Gasteiger partial charge in [0.1, 0.15) is 17.0 Å². The minimum absolute atomic E-state index is 0.00503. The van der Waals surface area contributed by atoms with Gasteiger partial charge in [-0.2, -0.15) is 4.98 Å². The molecule has 72 heavy (non-hydrogen) atoms. The summed E-state index contributed by atoms with van der Waals surface area (Å²) in [5, 5.41) is 16.8. The largest absolute Gasteiger partial charge is 0.476 e. The van der Waals surface area contributed by atoms with Crippen LogP contribution in [0, 0.1) is 15.5 Å². The number of nitrogens with zero attached hydrogens (tertiary/aromatic N) is 5. The Balaban J connectivity index is 0.962.